The van der Waals surface area contributed by atoms with Gasteiger partial charge in [-0.3, -0.25) is 0 Å². The first-order chi connectivity index (χ1) is 11.5. The van der Waals surface area contributed by atoms with Gasteiger partial charge in [-0.25, -0.2) is 9.78 Å². The molecule has 130 valence electrons. The fourth-order valence-corrected chi connectivity index (χ4v) is 4.17. The van der Waals surface area contributed by atoms with Gasteiger partial charge in [0.25, 0.3) is 0 Å². The summed E-state index contributed by atoms with van der Waals surface area (Å²) in [5, 5.41) is 4.43. The number of fused-ring (bicyclic) bond motifs is 1. The van der Waals surface area contributed by atoms with E-state index in [-0.39, 0.29) is 5.97 Å². The van der Waals surface area contributed by atoms with Crippen molar-refractivity contribution in [1.82, 2.24) is 10.3 Å². The highest BCUT2D eigenvalue weighted by Gasteiger charge is 2.28. The Kier molecular flexibility index (Phi) is 4.91. The van der Waals surface area contributed by atoms with Crippen LogP contribution in [0, 0.1) is 5.92 Å². The summed E-state index contributed by atoms with van der Waals surface area (Å²) in [4.78, 5) is 19.0. The number of aromatic nitrogens is 1. The van der Waals surface area contributed by atoms with Gasteiger partial charge >= 0.3 is 5.97 Å². The smallest absolute Gasteiger partial charge is 0.338 e. The van der Waals surface area contributed by atoms with Crippen molar-refractivity contribution in [3.8, 4) is 5.75 Å². The second-order valence-corrected chi connectivity index (χ2v) is 7.23. The number of thiazole rings is 1. The van der Waals surface area contributed by atoms with Gasteiger partial charge in [0.1, 0.15) is 11.3 Å². The normalized spacial score (nSPS) is 18.2. The Balaban J connectivity index is 2.05. The van der Waals surface area contributed by atoms with Gasteiger partial charge in [-0.15, -0.1) is 0 Å². The van der Waals surface area contributed by atoms with E-state index in [2.05, 4.69) is 24.1 Å². The van der Waals surface area contributed by atoms with Gasteiger partial charge in [-0.2, -0.15) is 0 Å². The van der Waals surface area contributed by atoms with Crippen LogP contribution in [0.5, 0.6) is 5.75 Å². The molecule has 0 saturated carbocycles. The van der Waals surface area contributed by atoms with Gasteiger partial charge in [-0.1, -0.05) is 25.2 Å². The summed E-state index contributed by atoms with van der Waals surface area (Å²) in [5.74, 6) is 0.761. The Hall–Kier alpha value is -1.86. The van der Waals surface area contributed by atoms with Crippen molar-refractivity contribution in [2.45, 2.75) is 19.9 Å². The third-order valence-electron chi connectivity index (χ3n) is 4.39. The molecule has 2 heterocycles. The molecule has 7 heteroatoms. The van der Waals surface area contributed by atoms with Crippen LogP contribution in [-0.2, 0) is 4.74 Å². The van der Waals surface area contributed by atoms with Crippen LogP contribution < -0.4 is 15.0 Å². The Morgan fingerprint density at radius 2 is 2.21 bits per heavy atom. The number of carbonyl (C=O) groups excluding carboxylic acids is 1. The quantitative estimate of drug-likeness (QED) is 0.856. The topological polar surface area (TPSA) is 63.7 Å². The maximum Gasteiger partial charge on any atom is 0.338 e. The zero-order valence-corrected chi connectivity index (χ0v) is 15.3. The number of hydrogen-bond acceptors (Lipinski definition) is 7. The first kappa shape index (κ1) is 17.0. The van der Waals surface area contributed by atoms with Gasteiger partial charge in [0, 0.05) is 25.7 Å². The first-order valence-electron chi connectivity index (χ1n) is 8.09. The molecule has 3 rings (SSSR count). The molecule has 1 aliphatic heterocycles. The van der Waals surface area contributed by atoms with E-state index in [1.165, 1.54) is 7.11 Å². The van der Waals surface area contributed by atoms with E-state index in [1.54, 1.807) is 24.5 Å². The Morgan fingerprint density at radius 3 is 2.88 bits per heavy atom. The summed E-state index contributed by atoms with van der Waals surface area (Å²) in [6, 6.07) is 3.93. The number of anilines is 1. The van der Waals surface area contributed by atoms with Crippen molar-refractivity contribution in [3.63, 3.8) is 0 Å². The zero-order chi connectivity index (χ0) is 17.3. The van der Waals surface area contributed by atoms with Crippen LogP contribution in [0.2, 0.25) is 0 Å². The van der Waals surface area contributed by atoms with E-state index >= 15 is 0 Å². The molecule has 1 atom stereocenters. The molecule has 1 aromatic heterocycles. The van der Waals surface area contributed by atoms with Crippen molar-refractivity contribution in [2.24, 2.45) is 5.92 Å². The number of nitrogens with zero attached hydrogens (tertiary/aromatic N) is 2. The lowest BCUT2D eigenvalue weighted by atomic mass is 10.0. The zero-order valence-electron chi connectivity index (χ0n) is 14.5. The average molecular weight is 349 g/mol. The molecule has 0 aliphatic carbocycles. The largest absolute Gasteiger partial charge is 0.494 e. The molecular formula is C17H23N3O3S. The summed E-state index contributed by atoms with van der Waals surface area (Å²) < 4.78 is 11.2. The van der Waals surface area contributed by atoms with Gasteiger partial charge in [0.15, 0.2) is 5.13 Å². The van der Waals surface area contributed by atoms with Gasteiger partial charge in [0.2, 0.25) is 0 Å². The van der Waals surface area contributed by atoms with Crippen LogP contribution in [0.3, 0.4) is 0 Å². The lowest BCUT2D eigenvalue weighted by Crippen LogP contribution is -2.53. The first-order valence-corrected chi connectivity index (χ1v) is 8.91. The number of methoxy groups -OCH3 is 2. The van der Waals surface area contributed by atoms with Crippen LogP contribution in [0.4, 0.5) is 5.13 Å². The number of esters is 1. The highest BCUT2D eigenvalue weighted by Crippen LogP contribution is 2.37. The molecule has 24 heavy (non-hydrogen) atoms. The van der Waals surface area contributed by atoms with Gasteiger partial charge in [-0.05, 0) is 18.1 Å². The Bertz CT molecular complexity index is 744. The monoisotopic (exact) mass is 349 g/mol. The van der Waals surface area contributed by atoms with Crippen molar-refractivity contribution < 1.29 is 14.3 Å². The number of benzene rings is 1. The van der Waals surface area contributed by atoms with Crippen LogP contribution in [0.25, 0.3) is 10.2 Å². The van der Waals surface area contributed by atoms with E-state index in [0.29, 0.717) is 23.3 Å². The second-order valence-electron chi connectivity index (χ2n) is 6.22. The Morgan fingerprint density at radius 1 is 1.42 bits per heavy atom. The summed E-state index contributed by atoms with van der Waals surface area (Å²) in [5.41, 5.74) is 1.28. The van der Waals surface area contributed by atoms with E-state index in [1.807, 2.05) is 6.07 Å². The molecule has 1 aromatic carbocycles. The third-order valence-corrected chi connectivity index (χ3v) is 5.43. The standard InChI is InChI=1S/C17H23N3O3S/c1-10(2)12-9-18-5-6-20(12)17-19-15-13(22-3)7-11(16(21)23-4)8-14(15)24-17/h7-8,10,12,18H,5-6,9H2,1-4H3. The van der Waals surface area contributed by atoms with Crippen LogP contribution in [-0.4, -0.2) is 50.8 Å². The molecule has 1 unspecified atom stereocenters. The van der Waals surface area contributed by atoms with E-state index in [0.717, 1.165) is 35.0 Å². The molecule has 6 nitrogen and oxygen atoms in total. The molecule has 0 radical (unpaired) electrons. The minimum atomic E-state index is -0.368. The van der Waals surface area contributed by atoms with E-state index < -0.39 is 0 Å². The fraction of sp³-hybridized carbons (Fsp3) is 0.529. The lowest BCUT2D eigenvalue weighted by Gasteiger charge is -2.38. The van der Waals surface area contributed by atoms with Crippen LogP contribution in [0.15, 0.2) is 12.1 Å². The van der Waals surface area contributed by atoms with E-state index in [4.69, 9.17) is 14.5 Å². The van der Waals surface area contributed by atoms with Crippen molar-refractivity contribution >= 4 is 32.7 Å². The van der Waals surface area contributed by atoms with Crippen LogP contribution in [0.1, 0.15) is 24.2 Å². The number of ether oxygens (including phenoxy) is 2. The van der Waals surface area contributed by atoms with Crippen LogP contribution >= 0.6 is 11.3 Å². The minimum Gasteiger partial charge on any atom is -0.494 e. The highest BCUT2D eigenvalue weighted by atomic mass is 32.1. The number of carbonyl (C=O) groups is 1. The predicted molar refractivity (Wildman–Crippen MR) is 96.4 cm³/mol. The lowest BCUT2D eigenvalue weighted by molar-refractivity contribution is 0.0600. The summed E-state index contributed by atoms with van der Waals surface area (Å²) >= 11 is 1.60. The molecule has 0 spiro atoms. The molecule has 1 N–H and O–H groups in total. The molecular weight excluding hydrogens is 326 g/mol. The predicted octanol–water partition coefficient (Wildman–Crippen LogP) is 2.53. The fourth-order valence-electron chi connectivity index (χ4n) is 3.06. The van der Waals surface area contributed by atoms with E-state index in [9.17, 15) is 4.79 Å². The SMILES string of the molecule is COC(=O)c1cc(OC)c2nc(N3CCNCC3C(C)C)sc2c1. The van der Waals surface area contributed by atoms with Crippen molar-refractivity contribution in [3.05, 3.63) is 17.7 Å². The number of rotatable bonds is 4. The summed E-state index contributed by atoms with van der Waals surface area (Å²) in [7, 11) is 2.97. The van der Waals surface area contributed by atoms with Gasteiger partial charge < -0.3 is 19.7 Å². The molecule has 1 aliphatic rings. The van der Waals surface area contributed by atoms with Crippen molar-refractivity contribution in [1.29, 1.82) is 0 Å². The van der Waals surface area contributed by atoms with Crippen molar-refractivity contribution in [2.75, 3.05) is 38.8 Å². The average Bonchev–Trinajstić information content (AvgIpc) is 3.04. The Labute approximate surface area is 145 Å². The van der Waals surface area contributed by atoms with Gasteiger partial charge in [0.05, 0.1) is 24.5 Å². The maximum atomic E-state index is 11.9. The second kappa shape index (κ2) is 6.94. The minimum absolute atomic E-state index is 0.368. The molecule has 0 amide bonds. The molecule has 1 fully saturated rings. The third kappa shape index (κ3) is 3.06. The summed E-state index contributed by atoms with van der Waals surface area (Å²) in [6.45, 7) is 7.29. The molecule has 1 saturated heterocycles. The number of nitrogens with one attached hydrogen (secondary N) is 1. The number of piperazine rings is 1. The summed E-state index contributed by atoms with van der Waals surface area (Å²) in [6.07, 6.45) is 0. The number of hydrogen-bond donors (Lipinski definition) is 1. The highest BCUT2D eigenvalue weighted by molar-refractivity contribution is 7.22. The molecule has 0 bridgehead atoms. The molecule has 2 aromatic rings. The maximum absolute atomic E-state index is 11.9.